The van der Waals surface area contributed by atoms with Gasteiger partial charge in [-0.2, -0.15) is 0 Å². The zero-order valence-electron chi connectivity index (χ0n) is 6.42. The van der Waals surface area contributed by atoms with Crippen molar-refractivity contribution in [3.63, 3.8) is 0 Å². The molecule has 1 saturated carbocycles. The predicted molar refractivity (Wildman–Crippen MR) is 45.9 cm³/mol. The van der Waals surface area contributed by atoms with Crippen LogP contribution in [-0.2, 0) is 0 Å². The van der Waals surface area contributed by atoms with E-state index in [2.05, 4.69) is 19.2 Å². The van der Waals surface area contributed by atoms with Crippen LogP contribution in [0.3, 0.4) is 0 Å². The Morgan fingerprint density at radius 1 is 1.40 bits per heavy atom. The fourth-order valence-corrected chi connectivity index (χ4v) is 3.04. The second-order valence-corrected chi connectivity index (χ2v) is 4.09. The van der Waals surface area contributed by atoms with Crippen molar-refractivity contribution in [2.75, 3.05) is 6.54 Å². The molecular weight excluding hydrogens is 142 g/mol. The first-order chi connectivity index (χ1) is 4.72. The van der Waals surface area contributed by atoms with Crippen LogP contribution in [0.1, 0.15) is 13.8 Å². The van der Waals surface area contributed by atoms with Gasteiger partial charge in [-0.05, 0) is 17.8 Å². The summed E-state index contributed by atoms with van der Waals surface area (Å²) in [5.74, 6) is 3.30. The van der Waals surface area contributed by atoms with E-state index in [-0.39, 0.29) is 0 Å². The van der Waals surface area contributed by atoms with Gasteiger partial charge in [0.1, 0.15) is 0 Å². The van der Waals surface area contributed by atoms with E-state index in [1.807, 2.05) is 0 Å². The number of nitrogens with one attached hydrogen (secondary N) is 1. The van der Waals surface area contributed by atoms with Gasteiger partial charge in [0.15, 0.2) is 0 Å². The van der Waals surface area contributed by atoms with Crippen molar-refractivity contribution < 1.29 is 0 Å². The molecule has 1 nitrogen and oxygen atoms in total. The summed E-state index contributed by atoms with van der Waals surface area (Å²) in [5, 5.41) is 3.27. The molecular formula is C8H13NS. The molecule has 2 saturated heterocycles. The Kier molecular flexibility index (Phi) is 1.28. The van der Waals surface area contributed by atoms with Crippen LogP contribution in [0.4, 0.5) is 0 Å². The number of fused-ring (bicyclic) bond motifs is 2. The molecule has 0 spiro atoms. The summed E-state index contributed by atoms with van der Waals surface area (Å²) < 4.78 is 0. The standard InChI is InChI=1S/C8H13NS/c1-4-6-3-9-8(10)7(4)5(6)2/h4-7H,3H2,1-2H3,(H,9,10). The van der Waals surface area contributed by atoms with E-state index in [1.165, 1.54) is 0 Å². The third kappa shape index (κ3) is 0.605. The van der Waals surface area contributed by atoms with Crippen LogP contribution in [-0.4, -0.2) is 11.5 Å². The van der Waals surface area contributed by atoms with Gasteiger partial charge in [0.2, 0.25) is 0 Å². The van der Waals surface area contributed by atoms with Gasteiger partial charge in [-0.15, -0.1) is 0 Å². The monoisotopic (exact) mass is 155 g/mol. The van der Waals surface area contributed by atoms with Gasteiger partial charge in [0.05, 0.1) is 4.99 Å². The van der Waals surface area contributed by atoms with E-state index < -0.39 is 0 Å². The molecule has 2 atom stereocenters. The minimum atomic E-state index is 0.703. The second kappa shape index (κ2) is 1.94. The molecule has 2 unspecified atom stereocenters. The van der Waals surface area contributed by atoms with Crippen LogP contribution in [0.15, 0.2) is 0 Å². The van der Waals surface area contributed by atoms with Gasteiger partial charge in [-0.25, -0.2) is 0 Å². The molecule has 0 amide bonds. The maximum Gasteiger partial charge on any atom is 0.0790 e. The molecule has 0 aromatic carbocycles. The highest BCUT2D eigenvalue weighted by Crippen LogP contribution is 2.48. The first-order valence-electron chi connectivity index (χ1n) is 3.99. The third-order valence-electron chi connectivity index (χ3n) is 3.30. The number of rotatable bonds is 0. The maximum atomic E-state index is 5.21. The van der Waals surface area contributed by atoms with Crippen molar-refractivity contribution in [3.8, 4) is 0 Å². The van der Waals surface area contributed by atoms with Gasteiger partial charge >= 0.3 is 0 Å². The number of hydrogen-bond acceptors (Lipinski definition) is 1. The van der Waals surface area contributed by atoms with Crippen molar-refractivity contribution in [3.05, 3.63) is 0 Å². The summed E-state index contributed by atoms with van der Waals surface area (Å²) in [6.07, 6.45) is 0. The normalized spacial score (nSPS) is 51.6. The minimum absolute atomic E-state index is 0.703. The Hall–Kier alpha value is -0.110. The largest absolute Gasteiger partial charge is 0.379 e. The zero-order valence-corrected chi connectivity index (χ0v) is 7.24. The summed E-state index contributed by atoms with van der Waals surface area (Å²) in [4.78, 5) is 1.11. The van der Waals surface area contributed by atoms with Gasteiger partial charge in [0.25, 0.3) is 0 Å². The van der Waals surface area contributed by atoms with Crippen molar-refractivity contribution in [2.24, 2.45) is 23.7 Å². The lowest BCUT2D eigenvalue weighted by molar-refractivity contribution is 0.0342. The topological polar surface area (TPSA) is 12.0 Å². The molecule has 2 heteroatoms. The Labute approximate surface area is 67.2 Å². The predicted octanol–water partition coefficient (Wildman–Crippen LogP) is 1.44. The highest BCUT2D eigenvalue weighted by atomic mass is 32.1. The molecule has 0 aromatic heterocycles. The quantitative estimate of drug-likeness (QED) is 0.531. The van der Waals surface area contributed by atoms with Gasteiger partial charge in [0, 0.05) is 12.5 Å². The Morgan fingerprint density at radius 3 is 2.30 bits per heavy atom. The minimum Gasteiger partial charge on any atom is -0.379 e. The molecule has 56 valence electrons. The summed E-state index contributed by atoms with van der Waals surface area (Å²) in [7, 11) is 0. The molecule has 0 aromatic rings. The number of thiocarbonyl (C=S) groups is 1. The second-order valence-electron chi connectivity index (χ2n) is 3.65. The highest BCUT2D eigenvalue weighted by molar-refractivity contribution is 7.80. The molecule has 3 fully saturated rings. The molecule has 2 heterocycles. The molecule has 0 radical (unpaired) electrons. The summed E-state index contributed by atoms with van der Waals surface area (Å²) in [5.41, 5.74) is 0. The van der Waals surface area contributed by atoms with Crippen LogP contribution < -0.4 is 5.32 Å². The van der Waals surface area contributed by atoms with E-state index in [9.17, 15) is 0 Å². The summed E-state index contributed by atoms with van der Waals surface area (Å²) in [6, 6.07) is 0. The van der Waals surface area contributed by atoms with Crippen LogP contribution in [0, 0.1) is 23.7 Å². The van der Waals surface area contributed by atoms with E-state index in [4.69, 9.17) is 12.2 Å². The van der Waals surface area contributed by atoms with Crippen LogP contribution in [0.25, 0.3) is 0 Å². The number of piperidine rings is 2. The fourth-order valence-electron chi connectivity index (χ4n) is 2.53. The van der Waals surface area contributed by atoms with Gasteiger partial charge in [-0.3, -0.25) is 0 Å². The Balaban J connectivity index is 2.19. The van der Waals surface area contributed by atoms with Gasteiger partial charge < -0.3 is 5.32 Å². The van der Waals surface area contributed by atoms with Crippen molar-refractivity contribution in [1.29, 1.82) is 0 Å². The Bertz CT molecular complexity index is 168. The first-order valence-corrected chi connectivity index (χ1v) is 4.40. The third-order valence-corrected chi connectivity index (χ3v) is 3.71. The van der Waals surface area contributed by atoms with E-state index in [0.717, 1.165) is 29.3 Å². The van der Waals surface area contributed by atoms with Crippen molar-refractivity contribution in [1.82, 2.24) is 5.32 Å². The Morgan fingerprint density at radius 2 is 2.00 bits per heavy atom. The fraction of sp³-hybridized carbons (Fsp3) is 0.875. The molecule has 2 aliphatic heterocycles. The highest BCUT2D eigenvalue weighted by Gasteiger charge is 2.49. The lowest BCUT2D eigenvalue weighted by Crippen LogP contribution is -2.60. The maximum absolute atomic E-state index is 5.21. The average Bonchev–Trinajstić information content (AvgIpc) is 1.88. The smallest absolute Gasteiger partial charge is 0.0790 e. The van der Waals surface area contributed by atoms with E-state index in [1.54, 1.807) is 0 Å². The zero-order chi connectivity index (χ0) is 7.30. The summed E-state index contributed by atoms with van der Waals surface area (Å²) in [6.45, 7) is 5.77. The molecule has 1 N–H and O–H groups in total. The molecule has 3 aliphatic rings. The van der Waals surface area contributed by atoms with Crippen molar-refractivity contribution >= 4 is 17.2 Å². The molecule has 3 rings (SSSR count). The van der Waals surface area contributed by atoms with Crippen LogP contribution in [0.2, 0.25) is 0 Å². The molecule has 1 aliphatic carbocycles. The van der Waals surface area contributed by atoms with Crippen LogP contribution in [0.5, 0.6) is 0 Å². The first kappa shape index (κ1) is 6.59. The summed E-state index contributed by atoms with van der Waals surface area (Å²) >= 11 is 5.21. The van der Waals surface area contributed by atoms with E-state index in [0.29, 0.717) is 5.92 Å². The van der Waals surface area contributed by atoms with Gasteiger partial charge in [-0.1, -0.05) is 26.1 Å². The lowest BCUT2D eigenvalue weighted by atomic mass is 9.56. The molecule has 10 heavy (non-hydrogen) atoms. The average molecular weight is 155 g/mol. The van der Waals surface area contributed by atoms with Crippen LogP contribution >= 0.6 is 12.2 Å². The SMILES string of the molecule is CC1C2CNC(=S)C1C2C. The number of hydrogen-bond donors (Lipinski definition) is 1. The van der Waals surface area contributed by atoms with E-state index >= 15 is 0 Å². The molecule has 2 bridgehead atoms. The lowest BCUT2D eigenvalue weighted by Gasteiger charge is -2.54. The van der Waals surface area contributed by atoms with Crippen molar-refractivity contribution in [2.45, 2.75) is 13.8 Å².